The number of amides is 2. The van der Waals surface area contributed by atoms with Crippen LogP contribution in [0.1, 0.15) is 37.2 Å². The van der Waals surface area contributed by atoms with Gasteiger partial charge in [0, 0.05) is 17.6 Å². The number of aryl methyl sites for hydroxylation is 2. The van der Waals surface area contributed by atoms with Crippen molar-refractivity contribution in [1.29, 1.82) is 0 Å². The highest BCUT2D eigenvalue weighted by Gasteiger charge is 2.33. The molecule has 0 spiro atoms. The van der Waals surface area contributed by atoms with E-state index < -0.39 is 0 Å². The van der Waals surface area contributed by atoms with Crippen molar-refractivity contribution < 1.29 is 4.79 Å². The smallest absolute Gasteiger partial charge is 0.322 e. The van der Waals surface area contributed by atoms with Crippen molar-refractivity contribution >= 4 is 38.7 Å². The molecule has 2 aromatic carbocycles. The Labute approximate surface area is 167 Å². The number of hydrogen-bond donors (Lipinski definition) is 1. The van der Waals surface area contributed by atoms with Crippen LogP contribution >= 0.6 is 15.9 Å². The van der Waals surface area contributed by atoms with Crippen molar-refractivity contribution in [3.8, 4) is 0 Å². The fraction of sp³-hybridized carbons (Fsp3) is 0.333. The maximum absolute atomic E-state index is 13.0. The second-order valence-electron chi connectivity index (χ2n) is 6.97. The number of benzene rings is 2. The predicted molar refractivity (Wildman–Crippen MR) is 112 cm³/mol. The highest BCUT2D eigenvalue weighted by molar-refractivity contribution is 9.10. The van der Waals surface area contributed by atoms with Gasteiger partial charge in [0.15, 0.2) is 0 Å². The maximum atomic E-state index is 13.0. The third-order valence-electron chi connectivity index (χ3n) is 5.18. The van der Waals surface area contributed by atoms with Crippen LogP contribution in [-0.4, -0.2) is 27.0 Å². The Bertz CT molecular complexity index is 997. The van der Waals surface area contributed by atoms with Crippen molar-refractivity contribution in [2.75, 3.05) is 11.9 Å². The van der Waals surface area contributed by atoms with Gasteiger partial charge in [-0.25, -0.2) is 9.78 Å². The lowest BCUT2D eigenvalue weighted by molar-refractivity contribution is 0.204. The van der Waals surface area contributed by atoms with Crippen molar-refractivity contribution in [1.82, 2.24) is 14.5 Å². The number of rotatable bonds is 3. The van der Waals surface area contributed by atoms with Gasteiger partial charge in [-0.3, -0.25) is 0 Å². The van der Waals surface area contributed by atoms with Gasteiger partial charge in [-0.1, -0.05) is 18.2 Å². The Morgan fingerprint density at radius 3 is 2.89 bits per heavy atom. The molecular weight excluding hydrogens is 404 g/mol. The summed E-state index contributed by atoms with van der Waals surface area (Å²) in [6.07, 6.45) is 1.92. The van der Waals surface area contributed by atoms with Crippen molar-refractivity contribution in [2.24, 2.45) is 0 Å². The summed E-state index contributed by atoms with van der Waals surface area (Å²) in [5, 5.41) is 3.05. The van der Waals surface area contributed by atoms with Crippen LogP contribution in [0.3, 0.4) is 0 Å². The minimum absolute atomic E-state index is 0.00146. The molecule has 27 heavy (non-hydrogen) atoms. The highest BCUT2D eigenvalue weighted by Crippen LogP contribution is 2.34. The van der Waals surface area contributed by atoms with E-state index in [2.05, 4.69) is 38.8 Å². The molecule has 1 aliphatic rings. The summed E-state index contributed by atoms with van der Waals surface area (Å²) >= 11 is 3.54. The summed E-state index contributed by atoms with van der Waals surface area (Å²) in [6, 6.07) is 14.0. The topological polar surface area (TPSA) is 50.2 Å². The second-order valence-corrected chi connectivity index (χ2v) is 7.82. The molecule has 2 amide bonds. The van der Waals surface area contributed by atoms with E-state index in [4.69, 9.17) is 4.98 Å². The predicted octanol–water partition coefficient (Wildman–Crippen LogP) is 5.50. The number of aromatic nitrogens is 2. The van der Waals surface area contributed by atoms with Gasteiger partial charge in [-0.2, -0.15) is 0 Å². The Morgan fingerprint density at radius 1 is 1.30 bits per heavy atom. The molecule has 1 fully saturated rings. The molecule has 0 saturated carbocycles. The first-order chi connectivity index (χ1) is 13.1. The van der Waals surface area contributed by atoms with E-state index in [1.165, 1.54) is 0 Å². The third kappa shape index (κ3) is 3.34. The van der Waals surface area contributed by atoms with Gasteiger partial charge in [0.2, 0.25) is 0 Å². The SMILES string of the molecule is CCn1c(C2CCCN2C(=O)Nc2ccc(C)cc2Br)nc2ccccc21. The monoisotopic (exact) mass is 426 g/mol. The molecule has 0 aliphatic carbocycles. The quantitative estimate of drug-likeness (QED) is 0.601. The fourth-order valence-electron chi connectivity index (χ4n) is 3.87. The van der Waals surface area contributed by atoms with Gasteiger partial charge < -0.3 is 14.8 Å². The molecule has 1 aromatic heterocycles. The third-order valence-corrected chi connectivity index (χ3v) is 5.83. The molecule has 1 atom stereocenters. The number of fused-ring (bicyclic) bond motifs is 1. The van der Waals surface area contributed by atoms with E-state index in [-0.39, 0.29) is 12.1 Å². The van der Waals surface area contributed by atoms with Crippen LogP contribution in [0.25, 0.3) is 11.0 Å². The van der Waals surface area contributed by atoms with Crippen LogP contribution in [0.2, 0.25) is 0 Å². The average Bonchev–Trinajstić information content (AvgIpc) is 3.27. The van der Waals surface area contributed by atoms with Crippen LogP contribution in [0, 0.1) is 6.92 Å². The zero-order valence-corrected chi connectivity index (χ0v) is 17.2. The zero-order valence-electron chi connectivity index (χ0n) is 15.6. The largest absolute Gasteiger partial charge is 0.327 e. The Morgan fingerprint density at radius 2 is 2.11 bits per heavy atom. The summed E-state index contributed by atoms with van der Waals surface area (Å²) in [5.41, 5.74) is 4.06. The molecular formula is C21H23BrN4O. The van der Waals surface area contributed by atoms with E-state index in [0.29, 0.717) is 0 Å². The van der Waals surface area contributed by atoms with E-state index in [9.17, 15) is 4.79 Å². The summed E-state index contributed by atoms with van der Waals surface area (Å²) in [7, 11) is 0. The number of para-hydroxylation sites is 2. The maximum Gasteiger partial charge on any atom is 0.322 e. The zero-order chi connectivity index (χ0) is 19.0. The summed E-state index contributed by atoms with van der Waals surface area (Å²) in [6.45, 7) is 5.74. The number of urea groups is 1. The van der Waals surface area contributed by atoms with Gasteiger partial charge >= 0.3 is 6.03 Å². The molecule has 0 bridgehead atoms. The Kier molecular flexibility index (Phi) is 4.91. The van der Waals surface area contributed by atoms with E-state index in [1.807, 2.05) is 48.2 Å². The van der Waals surface area contributed by atoms with Crippen molar-refractivity contribution in [3.63, 3.8) is 0 Å². The number of imidazole rings is 1. The van der Waals surface area contributed by atoms with Crippen LogP contribution in [-0.2, 0) is 6.54 Å². The number of carbonyl (C=O) groups is 1. The van der Waals surface area contributed by atoms with Gasteiger partial charge in [-0.15, -0.1) is 0 Å². The molecule has 1 saturated heterocycles. The van der Waals surface area contributed by atoms with Crippen molar-refractivity contribution in [3.05, 3.63) is 58.3 Å². The minimum atomic E-state index is -0.0724. The molecule has 140 valence electrons. The summed E-state index contributed by atoms with van der Waals surface area (Å²) in [5.74, 6) is 0.981. The van der Waals surface area contributed by atoms with Gasteiger partial charge in [-0.05, 0) is 72.4 Å². The molecule has 0 radical (unpaired) electrons. The lowest BCUT2D eigenvalue weighted by atomic mass is 10.2. The average molecular weight is 427 g/mol. The molecule has 1 N–H and O–H groups in total. The van der Waals surface area contributed by atoms with Crippen LogP contribution in [0.4, 0.5) is 10.5 Å². The first-order valence-corrected chi connectivity index (χ1v) is 10.2. The van der Waals surface area contributed by atoms with Gasteiger partial charge in [0.25, 0.3) is 0 Å². The first-order valence-electron chi connectivity index (χ1n) is 9.37. The second kappa shape index (κ2) is 7.35. The number of nitrogens with zero attached hydrogens (tertiary/aromatic N) is 3. The summed E-state index contributed by atoms with van der Waals surface area (Å²) in [4.78, 5) is 19.8. The number of hydrogen-bond acceptors (Lipinski definition) is 2. The molecule has 6 heteroatoms. The lowest BCUT2D eigenvalue weighted by Gasteiger charge is -2.25. The number of halogens is 1. The van der Waals surface area contributed by atoms with Crippen LogP contribution in [0.5, 0.6) is 0 Å². The Hall–Kier alpha value is -2.34. The number of likely N-dealkylation sites (tertiary alicyclic amines) is 1. The van der Waals surface area contributed by atoms with E-state index >= 15 is 0 Å². The van der Waals surface area contributed by atoms with Crippen LogP contribution in [0.15, 0.2) is 46.9 Å². The van der Waals surface area contributed by atoms with Crippen molar-refractivity contribution in [2.45, 2.75) is 39.3 Å². The highest BCUT2D eigenvalue weighted by atomic mass is 79.9. The molecule has 5 nitrogen and oxygen atoms in total. The first kappa shape index (κ1) is 18.0. The normalized spacial score (nSPS) is 16.9. The standard InChI is InChI=1S/C21H23BrN4O/c1-3-25-18-8-5-4-7-17(18)23-20(25)19-9-6-12-26(19)21(27)24-16-11-10-14(2)13-15(16)22/h4-5,7-8,10-11,13,19H,3,6,9,12H2,1-2H3,(H,24,27). The molecule has 3 aromatic rings. The molecule has 4 rings (SSSR count). The molecule has 1 aliphatic heterocycles. The Balaban J connectivity index is 1.63. The minimum Gasteiger partial charge on any atom is -0.327 e. The molecule has 2 heterocycles. The molecule has 1 unspecified atom stereocenters. The number of anilines is 1. The number of nitrogens with one attached hydrogen (secondary N) is 1. The summed E-state index contributed by atoms with van der Waals surface area (Å²) < 4.78 is 3.13. The lowest BCUT2D eigenvalue weighted by Crippen LogP contribution is -2.35. The fourth-order valence-corrected chi connectivity index (χ4v) is 4.46. The van der Waals surface area contributed by atoms with Crippen LogP contribution < -0.4 is 5.32 Å². The van der Waals surface area contributed by atoms with E-state index in [0.717, 1.165) is 58.5 Å². The van der Waals surface area contributed by atoms with Gasteiger partial charge in [0.05, 0.1) is 22.8 Å². The van der Waals surface area contributed by atoms with E-state index in [1.54, 1.807) is 0 Å². The van der Waals surface area contributed by atoms with Gasteiger partial charge in [0.1, 0.15) is 5.82 Å². The number of carbonyl (C=O) groups excluding carboxylic acids is 1.